The molecule has 0 aliphatic carbocycles. The number of thiophene rings is 1. The first-order valence-corrected chi connectivity index (χ1v) is 11.7. The molecule has 0 spiro atoms. The topological polar surface area (TPSA) is 91.6 Å². The summed E-state index contributed by atoms with van der Waals surface area (Å²) in [6.45, 7) is 2.24. The third kappa shape index (κ3) is 5.37. The molecule has 3 rings (SSSR count). The Balaban J connectivity index is 1.73. The molecule has 2 N–H and O–H groups in total. The van der Waals surface area contributed by atoms with Gasteiger partial charge in [0.1, 0.15) is 5.76 Å². The lowest BCUT2D eigenvalue weighted by atomic mass is 10.1. The van der Waals surface area contributed by atoms with Gasteiger partial charge >= 0.3 is 0 Å². The van der Waals surface area contributed by atoms with Crippen molar-refractivity contribution in [3.05, 3.63) is 75.9 Å². The summed E-state index contributed by atoms with van der Waals surface area (Å²) < 4.78 is 32.9. The van der Waals surface area contributed by atoms with Crippen LogP contribution in [0.5, 0.6) is 0 Å². The monoisotopic (exact) mass is 447 g/mol. The summed E-state index contributed by atoms with van der Waals surface area (Å²) in [5.74, 6) is 0.200. The summed E-state index contributed by atoms with van der Waals surface area (Å²) in [6.07, 6.45) is 1.48. The van der Waals surface area contributed by atoms with Crippen LogP contribution in [0.3, 0.4) is 0 Å². The standard InChI is InChI=1S/C21H25N3O4S2/c1-15-8-9-17(30(26,27)23-13-16-6-4-10-28-16)12-18(15)21(25)22-14-19(24(2)3)20-7-5-11-29-20/h4-12,19,23H,13-14H2,1-3H3,(H,22,25). The van der Waals surface area contributed by atoms with Crippen LogP contribution in [0.15, 0.2) is 63.4 Å². The summed E-state index contributed by atoms with van der Waals surface area (Å²) in [6, 6.07) is 12.0. The van der Waals surface area contributed by atoms with Crippen LogP contribution in [0.2, 0.25) is 0 Å². The Labute approximate surface area is 180 Å². The Kier molecular flexibility index (Phi) is 7.09. The molecule has 1 atom stereocenters. The summed E-state index contributed by atoms with van der Waals surface area (Å²) >= 11 is 1.63. The molecule has 1 unspecified atom stereocenters. The molecule has 0 bridgehead atoms. The summed E-state index contributed by atoms with van der Waals surface area (Å²) in [4.78, 5) is 16.1. The third-order valence-corrected chi connectivity index (χ3v) is 7.10. The van der Waals surface area contributed by atoms with Gasteiger partial charge in [-0.25, -0.2) is 13.1 Å². The fourth-order valence-corrected chi connectivity index (χ4v) is 4.92. The number of carbonyl (C=O) groups is 1. The summed E-state index contributed by atoms with van der Waals surface area (Å²) in [5.41, 5.74) is 1.04. The van der Waals surface area contributed by atoms with Crippen molar-refractivity contribution in [3.8, 4) is 0 Å². The maximum absolute atomic E-state index is 12.8. The molecule has 2 aromatic heterocycles. The number of hydrogen-bond donors (Lipinski definition) is 2. The minimum Gasteiger partial charge on any atom is -0.468 e. The van der Waals surface area contributed by atoms with Gasteiger partial charge in [-0.15, -0.1) is 11.3 Å². The molecule has 160 valence electrons. The molecule has 0 aliphatic heterocycles. The predicted octanol–water partition coefficient (Wildman–Crippen LogP) is 3.16. The lowest BCUT2D eigenvalue weighted by Gasteiger charge is -2.23. The minimum atomic E-state index is -3.79. The van der Waals surface area contributed by atoms with Crippen LogP contribution in [-0.2, 0) is 16.6 Å². The molecule has 7 nitrogen and oxygen atoms in total. The molecule has 2 heterocycles. The second-order valence-corrected chi connectivity index (χ2v) is 9.83. The maximum atomic E-state index is 12.8. The van der Waals surface area contributed by atoms with Crippen LogP contribution in [0, 0.1) is 6.92 Å². The average molecular weight is 448 g/mol. The maximum Gasteiger partial charge on any atom is 0.251 e. The first kappa shape index (κ1) is 22.2. The van der Waals surface area contributed by atoms with Crippen molar-refractivity contribution in [2.75, 3.05) is 20.6 Å². The number of carbonyl (C=O) groups excluding carboxylic acids is 1. The highest BCUT2D eigenvalue weighted by molar-refractivity contribution is 7.89. The highest BCUT2D eigenvalue weighted by atomic mass is 32.2. The van der Waals surface area contributed by atoms with E-state index in [-0.39, 0.29) is 23.4 Å². The highest BCUT2D eigenvalue weighted by Gasteiger charge is 2.20. The van der Waals surface area contributed by atoms with Crippen molar-refractivity contribution in [1.82, 2.24) is 14.9 Å². The molecular weight excluding hydrogens is 422 g/mol. The molecule has 1 aromatic carbocycles. The Morgan fingerprint density at radius 1 is 1.20 bits per heavy atom. The van der Waals surface area contributed by atoms with E-state index >= 15 is 0 Å². The zero-order valence-electron chi connectivity index (χ0n) is 17.1. The number of hydrogen-bond acceptors (Lipinski definition) is 6. The molecule has 0 aliphatic rings. The van der Waals surface area contributed by atoms with Crippen LogP contribution >= 0.6 is 11.3 Å². The van der Waals surface area contributed by atoms with Gasteiger partial charge in [-0.1, -0.05) is 12.1 Å². The number of nitrogens with zero attached hydrogens (tertiary/aromatic N) is 1. The summed E-state index contributed by atoms with van der Waals surface area (Å²) in [5, 5.41) is 4.94. The Morgan fingerprint density at radius 2 is 2.00 bits per heavy atom. The van der Waals surface area contributed by atoms with Gasteiger partial charge in [0, 0.05) is 17.0 Å². The first-order chi connectivity index (χ1) is 14.3. The van der Waals surface area contributed by atoms with Crippen molar-refractivity contribution in [2.24, 2.45) is 0 Å². The molecule has 1 amide bonds. The van der Waals surface area contributed by atoms with Gasteiger partial charge in [0.05, 0.1) is 23.7 Å². The first-order valence-electron chi connectivity index (χ1n) is 9.38. The van der Waals surface area contributed by atoms with E-state index in [1.165, 1.54) is 18.4 Å². The molecule has 0 fully saturated rings. The van der Waals surface area contributed by atoms with Gasteiger partial charge in [0.2, 0.25) is 10.0 Å². The number of likely N-dealkylation sites (N-methyl/N-ethyl adjacent to an activating group) is 1. The number of benzene rings is 1. The zero-order valence-corrected chi connectivity index (χ0v) is 18.7. The molecule has 0 saturated carbocycles. The van der Waals surface area contributed by atoms with Crippen LogP contribution < -0.4 is 10.0 Å². The van der Waals surface area contributed by atoms with E-state index in [2.05, 4.69) is 10.0 Å². The van der Waals surface area contributed by atoms with Crippen LogP contribution in [-0.4, -0.2) is 39.9 Å². The van der Waals surface area contributed by atoms with E-state index in [1.807, 2.05) is 36.5 Å². The largest absolute Gasteiger partial charge is 0.468 e. The predicted molar refractivity (Wildman–Crippen MR) is 117 cm³/mol. The smallest absolute Gasteiger partial charge is 0.251 e. The highest BCUT2D eigenvalue weighted by Crippen LogP contribution is 2.23. The Hall–Kier alpha value is -2.46. The van der Waals surface area contributed by atoms with Crippen molar-refractivity contribution in [1.29, 1.82) is 0 Å². The molecule has 0 radical (unpaired) electrons. The zero-order chi connectivity index (χ0) is 21.7. The van der Waals surface area contributed by atoms with Crippen molar-refractivity contribution in [3.63, 3.8) is 0 Å². The van der Waals surface area contributed by atoms with Gasteiger partial charge in [-0.05, 0) is 62.3 Å². The fraction of sp³-hybridized carbons (Fsp3) is 0.286. The lowest BCUT2D eigenvalue weighted by molar-refractivity contribution is 0.0941. The van der Waals surface area contributed by atoms with Gasteiger partial charge in [0.25, 0.3) is 5.91 Å². The van der Waals surface area contributed by atoms with Crippen molar-refractivity contribution >= 4 is 27.3 Å². The van der Waals surface area contributed by atoms with E-state index in [4.69, 9.17) is 4.42 Å². The number of rotatable bonds is 9. The molecular formula is C21H25N3O4S2. The fourth-order valence-electron chi connectivity index (χ4n) is 2.98. The minimum absolute atomic E-state index is 0.0345. The molecule has 0 saturated heterocycles. The summed E-state index contributed by atoms with van der Waals surface area (Å²) in [7, 11) is 0.130. The van der Waals surface area contributed by atoms with Crippen molar-refractivity contribution in [2.45, 2.75) is 24.4 Å². The van der Waals surface area contributed by atoms with Gasteiger partial charge < -0.3 is 14.6 Å². The number of sulfonamides is 1. The average Bonchev–Trinajstić information content (AvgIpc) is 3.41. The Bertz CT molecular complexity index is 1080. The second-order valence-electron chi connectivity index (χ2n) is 7.09. The second kappa shape index (κ2) is 9.57. The molecule has 30 heavy (non-hydrogen) atoms. The number of nitrogens with one attached hydrogen (secondary N) is 2. The third-order valence-electron chi connectivity index (χ3n) is 4.73. The van der Waals surface area contributed by atoms with E-state index < -0.39 is 10.0 Å². The van der Waals surface area contributed by atoms with Gasteiger partial charge in [-0.3, -0.25) is 4.79 Å². The van der Waals surface area contributed by atoms with Crippen LogP contribution in [0.25, 0.3) is 0 Å². The Morgan fingerprint density at radius 3 is 2.63 bits per heavy atom. The normalized spacial score (nSPS) is 12.8. The van der Waals surface area contributed by atoms with Crippen LogP contribution in [0.4, 0.5) is 0 Å². The van der Waals surface area contributed by atoms with E-state index in [0.29, 0.717) is 23.4 Å². The quantitative estimate of drug-likeness (QED) is 0.526. The van der Waals surface area contributed by atoms with E-state index in [0.717, 1.165) is 4.88 Å². The van der Waals surface area contributed by atoms with Gasteiger partial charge in [0.15, 0.2) is 0 Å². The van der Waals surface area contributed by atoms with E-state index in [1.54, 1.807) is 36.5 Å². The lowest BCUT2D eigenvalue weighted by Crippen LogP contribution is -2.34. The van der Waals surface area contributed by atoms with Gasteiger partial charge in [-0.2, -0.15) is 0 Å². The molecule has 9 heteroatoms. The molecule has 3 aromatic rings. The van der Waals surface area contributed by atoms with Crippen LogP contribution in [0.1, 0.15) is 32.6 Å². The van der Waals surface area contributed by atoms with E-state index in [9.17, 15) is 13.2 Å². The number of amides is 1. The number of furan rings is 1. The van der Waals surface area contributed by atoms with Crippen molar-refractivity contribution < 1.29 is 17.6 Å². The SMILES string of the molecule is Cc1ccc(S(=O)(=O)NCc2ccco2)cc1C(=O)NCC(c1cccs1)N(C)C. The number of aryl methyl sites for hydroxylation is 1.